The normalized spacial score (nSPS) is 10.3. The lowest BCUT2D eigenvalue weighted by atomic mass is 9.95. The van der Waals surface area contributed by atoms with E-state index in [0.717, 1.165) is 5.56 Å². The van der Waals surface area contributed by atoms with Crippen LogP contribution in [0.4, 0.5) is 10.2 Å². The van der Waals surface area contributed by atoms with E-state index >= 15 is 0 Å². The monoisotopic (exact) mass is 275 g/mol. The summed E-state index contributed by atoms with van der Waals surface area (Å²) in [6, 6.07) is 6.31. The minimum atomic E-state index is -0.489. The van der Waals surface area contributed by atoms with E-state index < -0.39 is 5.82 Å². The second-order valence-corrected chi connectivity index (χ2v) is 4.63. The number of aromatic nitrogens is 1. The molecular formula is C14H11ClFN3. The average Bonchev–Trinajstić information content (AvgIpc) is 2.34. The van der Waals surface area contributed by atoms with Gasteiger partial charge in [-0.1, -0.05) is 11.6 Å². The van der Waals surface area contributed by atoms with E-state index in [1.807, 2.05) is 6.07 Å². The van der Waals surface area contributed by atoms with Gasteiger partial charge < -0.3 is 5.73 Å². The number of pyridine rings is 1. The lowest BCUT2D eigenvalue weighted by Crippen LogP contribution is -2.03. The number of nitriles is 1. The zero-order valence-corrected chi connectivity index (χ0v) is 11.2. The molecule has 1 aromatic heterocycles. The fourth-order valence-corrected chi connectivity index (χ4v) is 2.12. The van der Waals surface area contributed by atoms with Crippen LogP contribution in [0.3, 0.4) is 0 Å². The van der Waals surface area contributed by atoms with Crippen molar-refractivity contribution in [2.75, 3.05) is 5.73 Å². The molecule has 2 rings (SSSR count). The van der Waals surface area contributed by atoms with Gasteiger partial charge >= 0.3 is 0 Å². The van der Waals surface area contributed by atoms with Crippen molar-refractivity contribution in [3.63, 3.8) is 0 Å². The van der Waals surface area contributed by atoms with Gasteiger partial charge in [0.25, 0.3) is 0 Å². The van der Waals surface area contributed by atoms with Crippen LogP contribution in [0.15, 0.2) is 18.2 Å². The first-order valence-corrected chi connectivity index (χ1v) is 5.95. The highest BCUT2D eigenvalue weighted by molar-refractivity contribution is 6.30. The van der Waals surface area contributed by atoms with Crippen molar-refractivity contribution in [1.82, 2.24) is 4.98 Å². The molecule has 5 heteroatoms. The van der Waals surface area contributed by atoms with Crippen LogP contribution in [-0.4, -0.2) is 4.98 Å². The van der Waals surface area contributed by atoms with Crippen molar-refractivity contribution in [2.24, 2.45) is 0 Å². The van der Waals surface area contributed by atoms with Crippen LogP contribution >= 0.6 is 11.6 Å². The van der Waals surface area contributed by atoms with E-state index in [-0.39, 0.29) is 11.4 Å². The van der Waals surface area contributed by atoms with Crippen molar-refractivity contribution in [1.29, 1.82) is 5.26 Å². The minimum Gasteiger partial charge on any atom is -0.383 e. The van der Waals surface area contributed by atoms with Gasteiger partial charge in [-0.05, 0) is 37.6 Å². The summed E-state index contributed by atoms with van der Waals surface area (Å²) < 4.78 is 14.0. The lowest BCUT2D eigenvalue weighted by Gasteiger charge is -2.13. The Kier molecular flexibility index (Phi) is 3.41. The van der Waals surface area contributed by atoms with Gasteiger partial charge in [-0.15, -0.1) is 0 Å². The molecule has 1 aromatic carbocycles. The number of anilines is 1. The molecule has 0 aliphatic carbocycles. The predicted octanol–water partition coefficient (Wildman–Crippen LogP) is 3.61. The van der Waals surface area contributed by atoms with Crippen LogP contribution in [0.25, 0.3) is 11.1 Å². The van der Waals surface area contributed by atoms with E-state index in [1.165, 1.54) is 6.07 Å². The Morgan fingerprint density at radius 2 is 2.05 bits per heavy atom. The van der Waals surface area contributed by atoms with Crippen LogP contribution in [0.2, 0.25) is 5.02 Å². The number of aryl methyl sites for hydroxylation is 1. The molecule has 0 amide bonds. The third-order valence-corrected chi connectivity index (χ3v) is 3.26. The number of benzene rings is 1. The molecule has 2 aromatic rings. The molecule has 0 spiro atoms. The van der Waals surface area contributed by atoms with E-state index in [9.17, 15) is 9.65 Å². The molecule has 0 radical (unpaired) electrons. The number of nitrogen functional groups attached to an aromatic ring is 1. The predicted molar refractivity (Wildman–Crippen MR) is 73.2 cm³/mol. The lowest BCUT2D eigenvalue weighted by molar-refractivity contribution is 0.631. The maximum atomic E-state index is 14.0. The zero-order valence-electron chi connectivity index (χ0n) is 10.5. The quantitative estimate of drug-likeness (QED) is 0.865. The smallest absolute Gasteiger partial charge is 0.142 e. The second kappa shape index (κ2) is 4.87. The first-order chi connectivity index (χ1) is 8.95. The van der Waals surface area contributed by atoms with Crippen LogP contribution in [0.5, 0.6) is 0 Å². The van der Waals surface area contributed by atoms with Gasteiger partial charge in [0.15, 0.2) is 0 Å². The average molecular weight is 276 g/mol. The van der Waals surface area contributed by atoms with Crippen LogP contribution < -0.4 is 5.73 Å². The fourth-order valence-electron chi connectivity index (χ4n) is 1.96. The van der Waals surface area contributed by atoms with Gasteiger partial charge in [0.2, 0.25) is 0 Å². The number of halogens is 2. The number of rotatable bonds is 1. The summed E-state index contributed by atoms with van der Waals surface area (Å²) >= 11 is 5.74. The molecular weight excluding hydrogens is 265 g/mol. The number of nitrogens with two attached hydrogens (primary N) is 1. The maximum absolute atomic E-state index is 14.0. The Balaban J connectivity index is 2.85. The van der Waals surface area contributed by atoms with E-state index in [2.05, 4.69) is 4.98 Å². The molecule has 0 unspecified atom stereocenters. The topological polar surface area (TPSA) is 62.7 Å². The van der Waals surface area contributed by atoms with Gasteiger partial charge in [-0.25, -0.2) is 9.37 Å². The summed E-state index contributed by atoms with van der Waals surface area (Å²) in [5, 5.41) is 9.50. The van der Waals surface area contributed by atoms with E-state index in [1.54, 1.807) is 26.0 Å². The van der Waals surface area contributed by atoms with E-state index in [0.29, 0.717) is 21.8 Å². The summed E-state index contributed by atoms with van der Waals surface area (Å²) in [5.41, 5.74) is 8.09. The van der Waals surface area contributed by atoms with Gasteiger partial charge in [-0.3, -0.25) is 0 Å². The molecule has 0 aliphatic heterocycles. The van der Waals surface area contributed by atoms with Crippen molar-refractivity contribution in [3.8, 4) is 17.2 Å². The summed E-state index contributed by atoms with van der Waals surface area (Å²) in [5.74, 6) is -0.382. The molecule has 96 valence electrons. The number of hydrogen-bond donors (Lipinski definition) is 1. The molecule has 3 nitrogen and oxygen atoms in total. The minimum absolute atomic E-state index is 0.106. The van der Waals surface area contributed by atoms with Gasteiger partial charge in [-0.2, -0.15) is 5.26 Å². The fraction of sp³-hybridized carbons (Fsp3) is 0.143. The summed E-state index contributed by atoms with van der Waals surface area (Å²) in [4.78, 5) is 4.08. The molecule has 0 aliphatic rings. The SMILES string of the molecule is Cc1nc(N)c(C#N)c(-c2ccc(Cl)cc2F)c1C. The molecule has 0 fully saturated rings. The summed E-state index contributed by atoms with van der Waals surface area (Å²) in [6.45, 7) is 3.55. The molecule has 19 heavy (non-hydrogen) atoms. The number of hydrogen-bond acceptors (Lipinski definition) is 3. The largest absolute Gasteiger partial charge is 0.383 e. The zero-order chi connectivity index (χ0) is 14.2. The Morgan fingerprint density at radius 3 is 2.63 bits per heavy atom. The van der Waals surface area contributed by atoms with Crippen molar-refractivity contribution >= 4 is 17.4 Å². The standard InChI is InChI=1S/C14H11ClFN3/c1-7-8(2)19-14(18)11(6-17)13(7)10-4-3-9(15)5-12(10)16/h3-5H,1-2H3,(H2,18,19). The van der Waals surface area contributed by atoms with Crippen LogP contribution in [0, 0.1) is 31.0 Å². The highest BCUT2D eigenvalue weighted by Crippen LogP contribution is 2.33. The summed E-state index contributed by atoms with van der Waals surface area (Å²) in [7, 11) is 0. The molecule has 0 saturated heterocycles. The molecule has 0 atom stereocenters. The summed E-state index contributed by atoms with van der Waals surface area (Å²) in [6.07, 6.45) is 0. The van der Waals surface area contributed by atoms with Crippen molar-refractivity contribution < 1.29 is 4.39 Å². The Morgan fingerprint density at radius 1 is 1.37 bits per heavy atom. The third-order valence-electron chi connectivity index (χ3n) is 3.02. The van der Waals surface area contributed by atoms with Gasteiger partial charge in [0, 0.05) is 21.8 Å². The highest BCUT2D eigenvalue weighted by atomic mass is 35.5. The Bertz CT molecular complexity index is 705. The Labute approximate surface area is 115 Å². The van der Waals surface area contributed by atoms with Crippen molar-refractivity contribution in [3.05, 3.63) is 45.9 Å². The third kappa shape index (κ3) is 2.25. The molecule has 0 saturated carbocycles. The molecule has 2 N–H and O–H groups in total. The highest BCUT2D eigenvalue weighted by Gasteiger charge is 2.18. The number of nitrogens with zero attached hydrogens (tertiary/aromatic N) is 2. The first-order valence-electron chi connectivity index (χ1n) is 5.58. The molecule has 0 bridgehead atoms. The van der Waals surface area contributed by atoms with Crippen LogP contribution in [0.1, 0.15) is 16.8 Å². The van der Waals surface area contributed by atoms with Gasteiger partial charge in [0.1, 0.15) is 23.3 Å². The van der Waals surface area contributed by atoms with Crippen LogP contribution in [-0.2, 0) is 0 Å². The second-order valence-electron chi connectivity index (χ2n) is 4.19. The van der Waals surface area contributed by atoms with E-state index in [4.69, 9.17) is 17.3 Å². The maximum Gasteiger partial charge on any atom is 0.142 e. The Hall–Kier alpha value is -2.12. The first kappa shape index (κ1) is 13.3. The molecule has 1 heterocycles. The van der Waals surface area contributed by atoms with Gasteiger partial charge in [0.05, 0.1) is 0 Å². The van der Waals surface area contributed by atoms with Crippen molar-refractivity contribution in [2.45, 2.75) is 13.8 Å².